The first-order valence-corrected chi connectivity index (χ1v) is 4.29. The maximum absolute atomic E-state index is 5.27. The zero-order valence-corrected chi connectivity index (χ0v) is 7.87. The molecule has 0 N–H and O–H groups in total. The Balaban J connectivity index is 2.64. The minimum Gasteiger partial charge on any atom is -0.448 e. The highest BCUT2D eigenvalue weighted by Crippen LogP contribution is 2.08. The van der Waals surface area contributed by atoms with Crippen LogP contribution in [-0.2, 0) is 6.42 Å². The molecule has 0 fully saturated rings. The van der Waals surface area contributed by atoms with Gasteiger partial charge in [-0.2, -0.15) is 0 Å². The van der Waals surface area contributed by atoms with Gasteiger partial charge in [-0.25, -0.2) is 4.98 Å². The average molecular weight is 165 g/mol. The van der Waals surface area contributed by atoms with Crippen molar-refractivity contribution < 1.29 is 4.42 Å². The molecule has 0 saturated heterocycles. The highest BCUT2D eigenvalue weighted by atomic mass is 16.3. The topological polar surface area (TPSA) is 26.0 Å². The highest BCUT2D eigenvalue weighted by Gasteiger charge is 2.03. The van der Waals surface area contributed by atoms with Crippen molar-refractivity contribution in [3.8, 4) is 0 Å². The maximum atomic E-state index is 5.27. The minimum absolute atomic E-state index is 0.599. The third-order valence-corrected chi connectivity index (χ3v) is 1.49. The number of oxazole rings is 1. The van der Waals surface area contributed by atoms with Crippen LogP contribution >= 0.6 is 0 Å². The van der Waals surface area contributed by atoms with E-state index in [1.54, 1.807) is 6.26 Å². The van der Waals surface area contributed by atoms with Gasteiger partial charge in [-0.1, -0.05) is 19.9 Å². The molecule has 0 bridgehead atoms. The van der Waals surface area contributed by atoms with Crippen molar-refractivity contribution >= 4 is 6.08 Å². The van der Waals surface area contributed by atoms with Gasteiger partial charge in [-0.05, 0) is 18.9 Å². The van der Waals surface area contributed by atoms with Gasteiger partial charge in [0.15, 0.2) is 5.89 Å². The Morgan fingerprint density at radius 2 is 2.33 bits per heavy atom. The van der Waals surface area contributed by atoms with E-state index in [1.165, 1.54) is 0 Å². The van der Waals surface area contributed by atoms with Crippen LogP contribution in [0.1, 0.15) is 32.4 Å². The lowest BCUT2D eigenvalue weighted by Gasteiger charge is -1.96. The van der Waals surface area contributed by atoms with Gasteiger partial charge in [0.2, 0.25) is 0 Å². The van der Waals surface area contributed by atoms with Crippen molar-refractivity contribution in [2.75, 3.05) is 0 Å². The number of hydrogen-bond acceptors (Lipinski definition) is 2. The van der Waals surface area contributed by atoms with E-state index < -0.39 is 0 Å². The summed E-state index contributed by atoms with van der Waals surface area (Å²) < 4.78 is 5.27. The molecule has 0 aliphatic rings. The Bertz CT molecular complexity index is 261. The van der Waals surface area contributed by atoms with Crippen LogP contribution in [-0.4, -0.2) is 4.98 Å². The van der Waals surface area contributed by atoms with Gasteiger partial charge in [0.05, 0.1) is 0 Å². The molecule has 0 aliphatic carbocycles. The summed E-state index contributed by atoms with van der Waals surface area (Å²) in [4.78, 5) is 4.29. The minimum atomic E-state index is 0.599. The van der Waals surface area contributed by atoms with Crippen LogP contribution in [0.2, 0.25) is 0 Å². The molecule has 0 radical (unpaired) electrons. The SMILES string of the molecule is C/C=C\c1coc(CC(C)C)n1. The van der Waals surface area contributed by atoms with Crippen molar-refractivity contribution in [1.29, 1.82) is 0 Å². The zero-order chi connectivity index (χ0) is 8.97. The van der Waals surface area contributed by atoms with Crippen LogP contribution in [0.4, 0.5) is 0 Å². The van der Waals surface area contributed by atoms with Gasteiger partial charge in [-0.15, -0.1) is 0 Å². The molecular weight excluding hydrogens is 150 g/mol. The molecule has 2 heteroatoms. The predicted octanol–water partition coefficient (Wildman–Crippen LogP) is 2.91. The zero-order valence-electron chi connectivity index (χ0n) is 7.87. The van der Waals surface area contributed by atoms with Crippen LogP contribution < -0.4 is 0 Å². The van der Waals surface area contributed by atoms with Gasteiger partial charge in [0.1, 0.15) is 12.0 Å². The first kappa shape index (κ1) is 9.04. The summed E-state index contributed by atoms with van der Waals surface area (Å²) >= 11 is 0. The summed E-state index contributed by atoms with van der Waals surface area (Å²) in [5.41, 5.74) is 0.910. The number of aromatic nitrogens is 1. The quantitative estimate of drug-likeness (QED) is 0.688. The smallest absolute Gasteiger partial charge is 0.194 e. The molecule has 0 aliphatic heterocycles. The van der Waals surface area contributed by atoms with E-state index in [0.717, 1.165) is 18.0 Å². The molecule has 0 atom stereocenters. The predicted molar refractivity (Wildman–Crippen MR) is 49.8 cm³/mol. The lowest BCUT2D eigenvalue weighted by atomic mass is 10.1. The Morgan fingerprint density at radius 1 is 1.58 bits per heavy atom. The molecule has 0 amide bonds. The molecule has 12 heavy (non-hydrogen) atoms. The van der Waals surface area contributed by atoms with E-state index >= 15 is 0 Å². The van der Waals surface area contributed by atoms with E-state index in [9.17, 15) is 0 Å². The van der Waals surface area contributed by atoms with Crippen molar-refractivity contribution in [3.63, 3.8) is 0 Å². The van der Waals surface area contributed by atoms with Crippen molar-refractivity contribution in [2.24, 2.45) is 5.92 Å². The summed E-state index contributed by atoms with van der Waals surface area (Å²) in [6.45, 7) is 6.27. The second-order valence-corrected chi connectivity index (χ2v) is 3.26. The Morgan fingerprint density at radius 3 is 2.92 bits per heavy atom. The fraction of sp³-hybridized carbons (Fsp3) is 0.500. The van der Waals surface area contributed by atoms with E-state index in [0.29, 0.717) is 5.92 Å². The number of rotatable bonds is 3. The van der Waals surface area contributed by atoms with Gasteiger partial charge in [0.25, 0.3) is 0 Å². The van der Waals surface area contributed by atoms with Crippen molar-refractivity contribution in [2.45, 2.75) is 27.2 Å². The Hall–Kier alpha value is -1.05. The van der Waals surface area contributed by atoms with E-state index in [4.69, 9.17) is 4.42 Å². The summed E-state index contributed by atoms with van der Waals surface area (Å²) in [6, 6.07) is 0. The monoisotopic (exact) mass is 165 g/mol. The second-order valence-electron chi connectivity index (χ2n) is 3.26. The van der Waals surface area contributed by atoms with Crippen LogP contribution in [0.3, 0.4) is 0 Å². The van der Waals surface area contributed by atoms with E-state index in [2.05, 4.69) is 18.8 Å². The molecule has 0 aromatic carbocycles. The molecule has 1 aromatic rings. The highest BCUT2D eigenvalue weighted by molar-refractivity contribution is 5.41. The third kappa shape index (κ3) is 2.53. The lowest BCUT2D eigenvalue weighted by molar-refractivity contribution is 0.458. The lowest BCUT2D eigenvalue weighted by Crippen LogP contribution is -1.93. The van der Waals surface area contributed by atoms with Crippen LogP contribution in [0.25, 0.3) is 6.08 Å². The summed E-state index contributed by atoms with van der Waals surface area (Å²) in [5.74, 6) is 1.43. The van der Waals surface area contributed by atoms with Crippen LogP contribution in [0.15, 0.2) is 16.8 Å². The average Bonchev–Trinajstić information content (AvgIpc) is 2.36. The van der Waals surface area contributed by atoms with E-state index in [1.807, 2.05) is 19.1 Å². The van der Waals surface area contributed by atoms with Crippen molar-refractivity contribution in [1.82, 2.24) is 4.98 Å². The molecular formula is C10H15NO. The number of hydrogen-bond donors (Lipinski definition) is 0. The second kappa shape index (κ2) is 4.10. The third-order valence-electron chi connectivity index (χ3n) is 1.49. The van der Waals surface area contributed by atoms with Gasteiger partial charge in [-0.3, -0.25) is 0 Å². The molecule has 0 saturated carbocycles. The normalized spacial score (nSPS) is 11.7. The molecule has 1 heterocycles. The fourth-order valence-electron chi connectivity index (χ4n) is 1.02. The number of allylic oxidation sites excluding steroid dienone is 1. The van der Waals surface area contributed by atoms with Gasteiger partial charge >= 0.3 is 0 Å². The van der Waals surface area contributed by atoms with Crippen molar-refractivity contribution in [3.05, 3.63) is 23.9 Å². The Kier molecular flexibility index (Phi) is 3.09. The largest absolute Gasteiger partial charge is 0.448 e. The molecule has 1 rings (SSSR count). The summed E-state index contributed by atoms with van der Waals surface area (Å²) in [5, 5.41) is 0. The van der Waals surface area contributed by atoms with Crippen LogP contribution in [0, 0.1) is 5.92 Å². The first-order valence-electron chi connectivity index (χ1n) is 4.29. The molecule has 2 nitrogen and oxygen atoms in total. The van der Waals surface area contributed by atoms with Crippen LogP contribution in [0.5, 0.6) is 0 Å². The van der Waals surface area contributed by atoms with Gasteiger partial charge in [0, 0.05) is 6.42 Å². The maximum Gasteiger partial charge on any atom is 0.194 e. The summed E-state index contributed by atoms with van der Waals surface area (Å²) in [7, 11) is 0. The molecule has 0 spiro atoms. The molecule has 66 valence electrons. The van der Waals surface area contributed by atoms with E-state index in [-0.39, 0.29) is 0 Å². The number of nitrogens with zero attached hydrogens (tertiary/aromatic N) is 1. The first-order chi connectivity index (χ1) is 5.72. The van der Waals surface area contributed by atoms with Gasteiger partial charge < -0.3 is 4.42 Å². The standard InChI is InChI=1S/C10H15NO/c1-4-5-9-7-12-10(11-9)6-8(2)3/h4-5,7-8H,6H2,1-3H3/b5-4-. The molecule has 0 unspecified atom stereocenters. The Labute approximate surface area is 73.3 Å². The summed E-state index contributed by atoms with van der Waals surface area (Å²) in [6.07, 6.45) is 6.50. The molecule has 1 aromatic heterocycles. The fourth-order valence-corrected chi connectivity index (χ4v) is 1.02.